The van der Waals surface area contributed by atoms with Crippen LogP contribution < -0.4 is 0 Å². The Hall–Kier alpha value is -2.36. The molecule has 1 unspecified atom stereocenters. The summed E-state index contributed by atoms with van der Waals surface area (Å²) in [6.07, 6.45) is -2.88. The van der Waals surface area contributed by atoms with Crippen molar-refractivity contribution in [1.29, 1.82) is 0 Å². The average Bonchev–Trinajstić information content (AvgIpc) is 2.75. The van der Waals surface area contributed by atoms with Crippen LogP contribution in [0.5, 0.6) is 0 Å². The number of carbonyl (C=O) groups excluding carboxylic acids is 1. The van der Waals surface area contributed by atoms with E-state index in [9.17, 15) is 18.0 Å². The van der Waals surface area contributed by atoms with Gasteiger partial charge in [-0.25, -0.2) is 9.79 Å². The number of azo groups is 1. The number of hydrogen-bond acceptors (Lipinski definition) is 5. The van der Waals surface area contributed by atoms with Gasteiger partial charge in [0.2, 0.25) is 5.17 Å². The van der Waals surface area contributed by atoms with Gasteiger partial charge in [-0.15, -0.1) is 5.11 Å². The van der Waals surface area contributed by atoms with Crippen molar-refractivity contribution in [2.75, 3.05) is 12.4 Å². The van der Waals surface area contributed by atoms with Crippen molar-refractivity contribution >= 4 is 57.9 Å². The van der Waals surface area contributed by atoms with Gasteiger partial charge in [-0.2, -0.15) is 18.3 Å². The van der Waals surface area contributed by atoms with Crippen LogP contribution in [-0.4, -0.2) is 29.5 Å². The maximum Gasteiger partial charge on any atom is 0.416 e. The summed E-state index contributed by atoms with van der Waals surface area (Å²) >= 11 is 13.0. The second kappa shape index (κ2) is 10.5. The first-order valence-electron chi connectivity index (χ1n) is 9.30. The third-order valence-electron chi connectivity index (χ3n) is 4.20. The first-order chi connectivity index (χ1) is 15.2. The molecule has 0 radical (unpaired) electrons. The summed E-state index contributed by atoms with van der Waals surface area (Å²) < 4.78 is 44.0. The molecule has 0 aromatic heterocycles. The summed E-state index contributed by atoms with van der Waals surface area (Å²) in [5.74, 6) is -0.245. The summed E-state index contributed by atoms with van der Waals surface area (Å²) in [4.78, 5) is 16.6. The topological polar surface area (TPSA) is 63.4 Å². The third kappa shape index (κ3) is 6.34. The van der Waals surface area contributed by atoms with Crippen LogP contribution in [0.25, 0.3) is 6.08 Å². The van der Waals surface area contributed by atoms with Gasteiger partial charge in [0.25, 0.3) is 0 Å². The Bertz CT molecular complexity index is 1090. The molecule has 0 fully saturated rings. The second-order valence-electron chi connectivity index (χ2n) is 6.47. The van der Waals surface area contributed by atoms with E-state index >= 15 is 0 Å². The fourth-order valence-electron chi connectivity index (χ4n) is 2.66. The maximum absolute atomic E-state index is 13.0. The highest BCUT2D eigenvalue weighted by atomic mass is 35.5. The molecule has 0 saturated heterocycles. The highest BCUT2D eigenvalue weighted by molar-refractivity contribution is 8.14. The molecule has 1 atom stereocenters. The number of aliphatic imine (C=N–C) groups is 1. The highest BCUT2D eigenvalue weighted by Gasteiger charge is 2.31. The molecular weight excluding hydrogens is 486 g/mol. The third-order valence-corrected chi connectivity index (χ3v) is 5.69. The van der Waals surface area contributed by atoms with Gasteiger partial charge < -0.3 is 4.74 Å². The molecule has 0 amide bonds. The summed E-state index contributed by atoms with van der Waals surface area (Å²) in [5, 5.41) is 8.87. The van der Waals surface area contributed by atoms with E-state index in [-0.39, 0.29) is 28.2 Å². The molecular formula is C21H16Cl2F3N3O2S. The van der Waals surface area contributed by atoms with Crippen LogP contribution >= 0.6 is 35.0 Å². The summed E-state index contributed by atoms with van der Waals surface area (Å²) in [6, 6.07) is 9.12. The van der Waals surface area contributed by atoms with Crippen LogP contribution in [0, 0.1) is 0 Å². The number of ether oxygens (including phenoxy) is 1. The number of alkyl halides is 3. The van der Waals surface area contributed by atoms with Crippen molar-refractivity contribution in [1.82, 2.24) is 0 Å². The zero-order valence-electron chi connectivity index (χ0n) is 16.6. The molecule has 0 aliphatic carbocycles. The van der Waals surface area contributed by atoms with Gasteiger partial charge in [-0.1, -0.05) is 47.1 Å². The summed E-state index contributed by atoms with van der Waals surface area (Å²) in [5.41, 5.74) is 0.0884. The van der Waals surface area contributed by atoms with E-state index in [0.29, 0.717) is 10.6 Å². The predicted molar refractivity (Wildman–Crippen MR) is 121 cm³/mol. The maximum atomic E-state index is 13.0. The van der Waals surface area contributed by atoms with Crippen molar-refractivity contribution in [3.8, 4) is 0 Å². The lowest BCUT2D eigenvalue weighted by Gasteiger charge is -2.18. The van der Waals surface area contributed by atoms with Gasteiger partial charge in [0.05, 0.1) is 28.5 Å². The molecule has 0 N–H and O–H groups in total. The number of carbonyl (C=O) groups is 1. The Morgan fingerprint density at radius 2 is 1.97 bits per heavy atom. The fourth-order valence-corrected chi connectivity index (χ4v) is 3.77. The highest BCUT2D eigenvalue weighted by Crippen LogP contribution is 2.36. The Morgan fingerprint density at radius 3 is 2.56 bits per heavy atom. The fraction of sp³-hybridized carbons (Fsp3) is 0.238. The van der Waals surface area contributed by atoms with Crippen molar-refractivity contribution in [2.45, 2.75) is 19.1 Å². The lowest BCUT2D eigenvalue weighted by molar-refractivity contribution is -0.139. The van der Waals surface area contributed by atoms with E-state index in [2.05, 4.69) is 15.2 Å². The summed E-state index contributed by atoms with van der Waals surface area (Å²) in [6.45, 7) is 1.88. The molecule has 0 spiro atoms. The molecule has 1 aliphatic rings. The minimum absolute atomic E-state index is 0.0540. The van der Waals surface area contributed by atoms with E-state index in [1.54, 1.807) is 37.3 Å². The van der Waals surface area contributed by atoms with Crippen LogP contribution in [0.15, 0.2) is 63.3 Å². The quantitative estimate of drug-likeness (QED) is 0.321. The number of hydrogen-bond donors (Lipinski definition) is 0. The van der Waals surface area contributed by atoms with Crippen LogP contribution in [0.1, 0.15) is 18.1 Å². The molecule has 0 bridgehead atoms. The number of nitrogens with zero attached hydrogens (tertiary/aromatic N) is 3. The first kappa shape index (κ1) is 24.3. The minimum atomic E-state index is -4.52. The van der Waals surface area contributed by atoms with Crippen LogP contribution in [0.4, 0.5) is 18.9 Å². The molecule has 32 heavy (non-hydrogen) atoms. The van der Waals surface area contributed by atoms with E-state index in [1.165, 1.54) is 0 Å². The number of benzene rings is 2. The largest absolute Gasteiger partial charge is 0.463 e. The van der Waals surface area contributed by atoms with E-state index < -0.39 is 23.8 Å². The standard InChI is InChI=1S/C21H16Cl2F3N3O2S/c1-2-31-19(30)15(9-12-3-6-14(22)7-4-12)18-11-32-20(29-28-18)27-17-10-13(21(24,25)26)5-8-16(17)23/h3-10,18H,2,11H2,1H3/b15-9-,27-20?. The van der Waals surface area contributed by atoms with Gasteiger partial charge in [0.15, 0.2) is 0 Å². The molecule has 2 aromatic carbocycles. The minimum Gasteiger partial charge on any atom is -0.463 e. The van der Waals surface area contributed by atoms with Gasteiger partial charge in [0, 0.05) is 10.8 Å². The Balaban J connectivity index is 1.87. The normalized spacial score (nSPS) is 18.1. The van der Waals surface area contributed by atoms with Gasteiger partial charge in [0.1, 0.15) is 6.04 Å². The van der Waals surface area contributed by atoms with E-state index in [1.807, 2.05) is 0 Å². The lowest BCUT2D eigenvalue weighted by Crippen LogP contribution is -2.23. The first-order valence-corrected chi connectivity index (χ1v) is 11.0. The van der Waals surface area contributed by atoms with Crippen LogP contribution in [0.2, 0.25) is 10.0 Å². The molecule has 11 heteroatoms. The predicted octanol–water partition coefficient (Wildman–Crippen LogP) is 7.21. The van der Waals surface area contributed by atoms with E-state index in [0.717, 1.165) is 35.5 Å². The Morgan fingerprint density at radius 1 is 1.25 bits per heavy atom. The van der Waals surface area contributed by atoms with Gasteiger partial charge >= 0.3 is 12.1 Å². The number of amidine groups is 1. The Kier molecular flexibility index (Phi) is 7.97. The molecule has 1 aliphatic heterocycles. The van der Waals surface area contributed by atoms with Crippen molar-refractivity contribution in [2.24, 2.45) is 15.2 Å². The van der Waals surface area contributed by atoms with Crippen molar-refractivity contribution in [3.05, 3.63) is 69.2 Å². The van der Waals surface area contributed by atoms with E-state index in [4.69, 9.17) is 27.9 Å². The number of rotatable bonds is 5. The Labute approximate surface area is 196 Å². The lowest BCUT2D eigenvalue weighted by atomic mass is 10.1. The molecule has 3 rings (SSSR count). The monoisotopic (exact) mass is 501 g/mol. The summed E-state index contributed by atoms with van der Waals surface area (Å²) in [7, 11) is 0. The van der Waals surface area contributed by atoms with Crippen LogP contribution in [-0.2, 0) is 15.7 Å². The molecule has 0 saturated carbocycles. The number of halogens is 5. The molecule has 2 aromatic rings. The smallest absolute Gasteiger partial charge is 0.416 e. The molecule has 168 valence electrons. The zero-order valence-corrected chi connectivity index (χ0v) is 18.9. The van der Waals surface area contributed by atoms with Crippen molar-refractivity contribution in [3.63, 3.8) is 0 Å². The van der Waals surface area contributed by atoms with Crippen molar-refractivity contribution < 1.29 is 22.7 Å². The number of esters is 1. The molecule has 1 heterocycles. The second-order valence-corrected chi connectivity index (χ2v) is 8.30. The van der Waals surface area contributed by atoms with Gasteiger partial charge in [-0.05, 0) is 48.9 Å². The zero-order chi connectivity index (χ0) is 23.3. The SMILES string of the molecule is CCOC(=O)/C(=C\c1ccc(Cl)cc1)C1CSC(=Nc2cc(C(F)(F)F)ccc2Cl)N=N1. The van der Waals surface area contributed by atoms with Gasteiger partial charge in [-0.3, -0.25) is 0 Å². The number of thioether (sulfide) groups is 1. The van der Waals surface area contributed by atoms with Crippen LogP contribution in [0.3, 0.4) is 0 Å². The molecule has 5 nitrogen and oxygen atoms in total. The average molecular weight is 502 g/mol.